The van der Waals surface area contributed by atoms with Gasteiger partial charge in [-0.05, 0) is 50.6 Å². The lowest BCUT2D eigenvalue weighted by atomic mass is 10.1. The number of para-hydroxylation sites is 1. The summed E-state index contributed by atoms with van der Waals surface area (Å²) in [6.45, 7) is 9.97. The van der Waals surface area contributed by atoms with E-state index >= 15 is 0 Å². The first-order valence-electron chi connectivity index (χ1n) is 9.80. The highest BCUT2D eigenvalue weighted by Gasteiger charge is 2.14. The number of hydrogen-bond donors (Lipinski definition) is 2. The van der Waals surface area contributed by atoms with Crippen molar-refractivity contribution in [1.29, 1.82) is 0 Å². The SMILES string of the molecule is C=C/C(=C(\N=C(/C)Nc1ccc(F)c(Cl)c1)NC(C)CC)c1cc2ccccc2o1. The molecule has 1 unspecified atom stereocenters. The fraction of sp³-hybridized carbons (Fsp3) is 0.208. The summed E-state index contributed by atoms with van der Waals surface area (Å²) in [5.41, 5.74) is 2.20. The second-order valence-electron chi connectivity index (χ2n) is 7.02. The number of amidine groups is 1. The Balaban J connectivity index is 2.01. The lowest BCUT2D eigenvalue weighted by Gasteiger charge is -2.17. The average Bonchev–Trinajstić information content (AvgIpc) is 3.14. The van der Waals surface area contributed by atoms with Crippen molar-refractivity contribution < 1.29 is 8.81 Å². The van der Waals surface area contributed by atoms with Crippen molar-refractivity contribution in [2.24, 2.45) is 4.99 Å². The predicted octanol–water partition coefficient (Wildman–Crippen LogP) is 7.00. The number of anilines is 1. The zero-order chi connectivity index (χ0) is 21.7. The van der Waals surface area contributed by atoms with Gasteiger partial charge in [0.15, 0.2) is 0 Å². The highest BCUT2D eigenvalue weighted by molar-refractivity contribution is 6.31. The van der Waals surface area contributed by atoms with E-state index in [1.807, 2.05) is 37.3 Å². The molecule has 3 aromatic rings. The number of furan rings is 1. The molecule has 1 heterocycles. The fourth-order valence-electron chi connectivity index (χ4n) is 2.91. The third-order valence-corrected chi connectivity index (χ3v) is 4.96. The third kappa shape index (κ3) is 5.10. The average molecular weight is 426 g/mol. The third-order valence-electron chi connectivity index (χ3n) is 4.67. The van der Waals surface area contributed by atoms with E-state index < -0.39 is 5.82 Å². The van der Waals surface area contributed by atoms with Crippen molar-refractivity contribution in [3.8, 4) is 0 Å². The molecule has 1 atom stereocenters. The molecular weight excluding hydrogens is 401 g/mol. The molecule has 0 bridgehead atoms. The van der Waals surface area contributed by atoms with Crippen LogP contribution in [0.2, 0.25) is 5.02 Å². The van der Waals surface area contributed by atoms with E-state index in [9.17, 15) is 4.39 Å². The molecule has 0 radical (unpaired) electrons. The molecule has 0 amide bonds. The van der Waals surface area contributed by atoms with Gasteiger partial charge in [-0.15, -0.1) is 0 Å². The second-order valence-corrected chi connectivity index (χ2v) is 7.43. The van der Waals surface area contributed by atoms with Gasteiger partial charge in [0.25, 0.3) is 0 Å². The first-order chi connectivity index (χ1) is 14.4. The number of nitrogens with one attached hydrogen (secondary N) is 2. The van der Waals surface area contributed by atoms with E-state index in [4.69, 9.17) is 21.0 Å². The van der Waals surface area contributed by atoms with Gasteiger partial charge in [0.2, 0.25) is 0 Å². The minimum atomic E-state index is -0.463. The first kappa shape index (κ1) is 21.7. The molecular formula is C24H25ClFN3O. The normalized spacial score (nSPS) is 13.7. The Morgan fingerprint density at radius 3 is 2.70 bits per heavy atom. The van der Waals surface area contributed by atoms with Gasteiger partial charge in [-0.2, -0.15) is 0 Å². The summed E-state index contributed by atoms with van der Waals surface area (Å²) >= 11 is 5.88. The van der Waals surface area contributed by atoms with E-state index in [0.29, 0.717) is 23.1 Å². The Kier molecular flexibility index (Phi) is 6.95. The van der Waals surface area contributed by atoms with Gasteiger partial charge in [-0.3, -0.25) is 0 Å². The van der Waals surface area contributed by atoms with Gasteiger partial charge in [-0.25, -0.2) is 9.38 Å². The number of allylic oxidation sites excluding steroid dienone is 2. The fourth-order valence-corrected chi connectivity index (χ4v) is 3.09. The quantitative estimate of drug-likeness (QED) is 0.243. The van der Waals surface area contributed by atoms with Crippen molar-refractivity contribution in [3.63, 3.8) is 0 Å². The molecule has 0 spiro atoms. The topological polar surface area (TPSA) is 49.6 Å². The number of rotatable bonds is 7. The van der Waals surface area contributed by atoms with Crippen LogP contribution in [0, 0.1) is 5.82 Å². The molecule has 6 heteroatoms. The summed E-state index contributed by atoms with van der Waals surface area (Å²) in [6.07, 6.45) is 2.65. The minimum absolute atomic E-state index is 0.0513. The summed E-state index contributed by atoms with van der Waals surface area (Å²) in [5, 5.41) is 7.64. The van der Waals surface area contributed by atoms with Crippen LogP contribution in [-0.4, -0.2) is 11.9 Å². The van der Waals surface area contributed by atoms with E-state index in [0.717, 1.165) is 23.0 Å². The van der Waals surface area contributed by atoms with Crippen molar-refractivity contribution in [3.05, 3.63) is 83.6 Å². The Bertz CT molecular complexity index is 1080. The zero-order valence-electron chi connectivity index (χ0n) is 17.3. The molecule has 0 aliphatic rings. The molecule has 0 aliphatic carbocycles. The van der Waals surface area contributed by atoms with Crippen molar-refractivity contribution in [2.75, 3.05) is 5.32 Å². The molecule has 2 N–H and O–H groups in total. The Morgan fingerprint density at radius 1 is 1.27 bits per heavy atom. The van der Waals surface area contributed by atoms with Gasteiger partial charge < -0.3 is 15.1 Å². The summed E-state index contributed by atoms with van der Waals surface area (Å²) in [7, 11) is 0. The number of fused-ring (bicyclic) bond motifs is 1. The van der Waals surface area contributed by atoms with E-state index in [-0.39, 0.29) is 11.1 Å². The predicted molar refractivity (Wildman–Crippen MR) is 124 cm³/mol. The van der Waals surface area contributed by atoms with Crippen LogP contribution in [0.5, 0.6) is 0 Å². The summed E-state index contributed by atoms with van der Waals surface area (Å²) in [5.74, 6) is 1.46. The van der Waals surface area contributed by atoms with Crippen LogP contribution in [0.1, 0.15) is 33.0 Å². The van der Waals surface area contributed by atoms with E-state index in [1.165, 1.54) is 12.1 Å². The van der Waals surface area contributed by atoms with Crippen LogP contribution in [0.15, 0.2) is 76.4 Å². The van der Waals surface area contributed by atoms with Gasteiger partial charge in [0.1, 0.15) is 28.8 Å². The van der Waals surface area contributed by atoms with Crippen molar-refractivity contribution in [2.45, 2.75) is 33.2 Å². The van der Waals surface area contributed by atoms with Gasteiger partial charge in [-0.1, -0.05) is 49.4 Å². The first-order valence-corrected chi connectivity index (χ1v) is 10.2. The number of hydrogen-bond acceptors (Lipinski definition) is 3. The molecule has 30 heavy (non-hydrogen) atoms. The molecule has 156 valence electrons. The van der Waals surface area contributed by atoms with E-state index in [1.54, 1.807) is 12.1 Å². The van der Waals surface area contributed by atoms with Gasteiger partial charge >= 0.3 is 0 Å². The van der Waals surface area contributed by atoms with Crippen LogP contribution < -0.4 is 10.6 Å². The molecule has 0 saturated heterocycles. The maximum Gasteiger partial charge on any atom is 0.141 e. The van der Waals surface area contributed by atoms with Crippen LogP contribution in [0.25, 0.3) is 16.5 Å². The summed E-state index contributed by atoms with van der Waals surface area (Å²) < 4.78 is 19.5. The summed E-state index contributed by atoms with van der Waals surface area (Å²) in [6, 6.07) is 14.4. The summed E-state index contributed by atoms with van der Waals surface area (Å²) in [4.78, 5) is 4.74. The lowest BCUT2D eigenvalue weighted by Crippen LogP contribution is -2.25. The minimum Gasteiger partial charge on any atom is -0.456 e. The largest absolute Gasteiger partial charge is 0.456 e. The highest BCUT2D eigenvalue weighted by Crippen LogP contribution is 2.28. The van der Waals surface area contributed by atoms with Crippen LogP contribution in [0.3, 0.4) is 0 Å². The molecule has 0 saturated carbocycles. The smallest absolute Gasteiger partial charge is 0.141 e. The van der Waals surface area contributed by atoms with Gasteiger partial charge in [0, 0.05) is 17.1 Å². The van der Waals surface area contributed by atoms with Crippen LogP contribution in [0.4, 0.5) is 10.1 Å². The van der Waals surface area contributed by atoms with E-state index in [2.05, 4.69) is 31.1 Å². The molecule has 0 fully saturated rings. The number of nitrogens with zero attached hydrogens (tertiary/aromatic N) is 1. The zero-order valence-corrected chi connectivity index (χ0v) is 18.1. The number of benzene rings is 2. The van der Waals surface area contributed by atoms with Crippen molar-refractivity contribution >= 4 is 39.7 Å². The molecule has 3 rings (SSSR count). The van der Waals surface area contributed by atoms with Gasteiger partial charge in [0.05, 0.1) is 10.6 Å². The number of aliphatic imine (C=N–C) groups is 1. The molecule has 2 aromatic carbocycles. The Morgan fingerprint density at radius 2 is 2.03 bits per heavy atom. The molecule has 4 nitrogen and oxygen atoms in total. The van der Waals surface area contributed by atoms with Crippen LogP contribution in [-0.2, 0) is 0 Å². The van der Waals surface area contributed by atoms with Crippen molar-refractivity contribution in [1.82, 2.24) is 5.32 Å². The molecule has 0 aliphatic heterocycles. The Hall–Kier alpha value is -3.05. The van der Waals surface area contributed by atoms with Crippen LogP contribution >= 0.6 is 11.6 Å². The monoisotopic (exact) mass is 425 g/mol. The Labute approximate surface area is 181 Å². The number of halogens is 2. The second kappa shape index (κ2) is 9.63. The highest BCUT2D eigenvalue weighted by atomic mass is 35.5. The lowest BCUT2D eigenvalue weighted by molar-refractivity contribution is 0.581. The maximum absolute atomic E-state index is 13.4. The standard InChI is InChI=1S/C24H25ClFN3O/c1-5-15(3)27-24(29-16(4)28-18-11-12-21(26)20(25)14-18)19(6-2)23-13-17-9-7-8-10-22(17)30-23/h6-15,27H,2,5H2,1,3-4H3,(H,28,29)/b24-19+. The maximum atomic E-state index is 13.4. The molecule has 1 aromatic heterocycles.